The van der Waals surface area contributed by atoms with Gasteiger partial charge >= 0.3 is 5.63 Å². The van der Waals surface area contributed by atoms with Crippen molar-refractivity contribution in [3.63, 3.8) is 0 Å². The van der Waals surface area contributed by atoms with Crippen LogP contribution in [-0.4, -0.2) is 14.3 Å². The fourth-order valence-corrected chi connectivity index (χ4v) is 4.35. The molecule has 0 aliphatic rings. The number of sulfonamides is 1. The van der Waals surface area contributed by atoms with E-state index in [0.29, 0.717) is 16.7 Å². The summed E-state index contributed by atoms with van der Waals surface area (Å²) in [6, 6.07) is 9.65. The Kier molecular flexibility index (Phi) is 5.85. The van der Waals surface area contributed by atoms with Crippen molar-refractivity contribution in [3.8, 4) is 0 Å². The maximum Gasteiger partial charge on any atom is 0.339 e. The van der Waals surface area contributed by atoms with Crippen molar-refractivity contribution >= 4 is 37.9 Å². The highest BCUT2D eigenvalue weighted by atomic mass is 32.2. The Balaban J connectivity index is 1.48. The lowest BCUT2D eigenvalue weighted by molar-refractivity contribution is -0.121. The topological polar surface area (TPSA) is 133 Å². The molecule has 0 aliphatic heterocycles. The fraction of sp³-hybridized carbons (Fsp3) is 0.250. The van der Waals surface area contributed by atoms with Crippen LogP contribution in [0.15, 0.2) is 54.9 Å². The maximum absolute atomic E-state index is 12.6. The highest BCUT2D eigenvalue weighted by Crippen LogP contribution is 2.31. The summed E-state index contributed by atoms with van der Waals surface area (Å²) in [4.78, 5) is 24.9. The Morgan fingerprint density at radius 3 is 2.27 bits per heavy atom. The first kappa shape index (κ1) is 22.8. The van der Waals surface area contributed by atoms with Crippen molar-refractivity contribution in [2.24, 2.45) is 5.14 Å². The van der Waals surface area contributed by atoms with Gasteiger partial charge in [0.2, 0.25) is 15.9 Å². The molecule has 2 heterocycles. The maximum atomic E-state index is 12.6. The van der Waals surface area contributed by atoms with Gasteiger partial charge in [-0.1, -0.05) is 12.1 Å². The van der Waals surface area contributed by atoms with Gasteiger partial charge in [0, 0.05) is 35.4 Å². The molecule has 0 radical (unpaired) electrons. The lowest BCUT2D eigenvalue weighted by atomic mass is 10.0. The van der Waals surface area contributed by atoms with E-state index in [1.165, 1.54) is 12.1 Å². The van der Waals surface area contributed by atoms with Crippen molar-refractivity contribution in [2.75, 3.05) is 0 Å². The number of furan rings is 1. The second-order valence-corrected chi connectivity index (χ2v) is 9.65. The Hall–Kier alpha value is -3.43. The molecule has 2 aromatic carbocycles. The normalized spacial score (nSPS) is 11.9. The van der Waals surface area contributed by atoms with E-state index < -0.39 is 15.6 Å². The zero-order chi connectivity index (χ0) is 23.9. The molecule has 4 rings (SSSR count). The summed E-state index contributed by atoms with van der Waals surface area (Å²) in [5.74, 6) is 0.581. The lowest BCUT2D eigenvalue weighted by Crippen LogP contribution is -2.24. The van der Waals surface area contributed by atoms with Crippen molar-refractivity contribution < 1.29 is 22.0 Å². The average molecular weight is 469 g/mol. The van der Waals surface area contributed by atoms with E-state index in [9.17, 15) is 18.0 Å². The van der Waals surface area contributed by atoms with Crippen molar-refractivity contribution in [3.05, 3.63) is 74.8 Å². The highest BCUT2D eigenvalue weighted by Gasteiger charge is 2.16. The van der Waals surface area contributed by atoms with E-state index in [-0.39, 0.29) is 30.2 Å². The number of amides is 1. The predicted molar refractivity (Wildman–Crippen MR) is 124 cm³/mol. The molecule has 3 N–H and O–H groups in total. The minimum atomic E-state index is -3.76. The molecular weight excluding hydrogens is 444 g/mol. The third kappa shape index (κ3) is 4.55. The van der Waals surface area contributed by atoms with Gasteiger partial charge in [0.25, 0.3) is 0 Å². The van der Waals surface area contributed by atoms with Crippen LogP contribution in [0.25, 0.3) is 21.9 Å². The van der Waals surface area contributed by atoms with Gasteiger partial charge in [-0.15, -0.1) is 0 Å². The van der Waals surface area contributed by atoms with Crippen molar-refractivity contribution in [1.82, 2.24) is 5.32 Å². The molecule has 0 unspecified atom stereocenters. The second-order valence-electron chi connectivity index (χ2n) is 8.09. The van der Waals surface area contributed by atoms with E-state index in [1.807, 2.05) is 26.8 Å². The monoisotopic (exact) mass is 468 g/mol. The Morgan fingerprint density at radius 1 is 0.970 bits per heavy atom. The molecular formula is C24H24N2O6S. The van der Waals surface area contributed by atoms with E-state index in [4.69, 9.17) is 14.0 Å². The van der Waals surface area contributed by atoms with Crippen molar-refractivity contribution in [1.29, 1.82) is 0 Å². The van der Waals surface area contributed by atoms with Gasteiger partial charge in [-0.3, -0.25) is 4.79 Å². The van der Waals surface area contributed by atoms with Gasteiger partial charge < -0.3 is 14.2 Å². The number of hydrogen-bond acceptors (Lipinski definition) is 6. The molecule has 9 heteroatoms. The van der Waals surface area contributed by atoms with Crippen LogP contribution in [0.2, 0.25) is 0 Å². The molecule has 0 bridgehead atoms. The largest absolute Gasteiger partial charge is 0.461 e. The van der Waals surface area contributed by atoms with Crippen LogP contribution >= 0.6 is 0 Å². The molecule has 0 spiro atoms. The quantitative estimate of drug-likeness (QED) is 0.417. The van der Waals surface area contributed by atoms with Crippen LogP contribution < -0.4 is 16.1 Å². The third-order valence-electron chi connectivity index (χ3n) is 5.93. The smallest absolute Gasteiger partial charge is 0.339 e. The van der Waals surface area contributed by atoms with Gasteiger partial charge in [0.05, 0.1) is 4.90 Å². The predicted octanol–water partition coefficient (Wildman–Crippen LogP) is 3.36. The van der Waals surface area contributed by atoms with E-state index in [0.717, 1.165) is 33.2 Å². The van der Waals surface area contributed by atoms with Gasteiger partial charge in [0.1, 0.15) is 16.9 Å². The zero-order valence-corrected chi connectivity index (χ0v) is 19.3. The molecule has 4 aromatic rings. The minimum Gasteiger partial charge on any atom is -0.461 e. The number of carbonyl (C=O) groups is 1. The molecule has 8 nitrogen and oxygen atoms in total. The minimum absolute atomic E-state index is 0.00846. The van der Waals surface area contributed by atoms with Crippen molar-refractivity contribution in [2.45, 2.75) is 45.1 Å². The number of fused-ring (bicyclic) bond motifs is 2. The Bertz CT molecular complexity index is 1550. The highest BCUT2D eigenvalue weighted by molar-refractivity contribution is 7.89. The second kappa shape index (κ2) is 8.49. The van der Waals surface area contributed by atoms with Gasteiger partial charge in [-0.25, -0.2) is 18.4 Å². The molecule has 172 valence electrons. The number of nitrogens with one attached hydrogen (secondary N) is 1. The molecule has 0 fully saturated rings. The molecule has 2 aromatic heterocycles. The van der Waals surface area contributed by atoms with Crippen LogP contribution in [-0.2, 0) is 27.8 Å². The van der Waals surface area contributed by atoms with E-state index in [2.05, 4.69) is 5.32 Å². The number of hydrogen-bond donors (Lipinski definition) is 2. The Morgan fingerprint density at radius 2 is 1.61 bits per heavy atom. The number of rotatable bonds is 6. The molecule has 33 heavy (non-hydrogen) atoms. The summed E-state index contributed by atoms with van der Waals surface area (Å²) in [6.45, 7) is 5.95. The summed E-state index contributed by atoms with van der Waals surface area (Å²) in [5.41, 5.74) is 3.67. The molecule has 0 saturated heterocycles. The van der Waals surface area contributed by atoms with Crippen LogP contribution in [0.3, 0.4) is 0 Å². The fourth-order valence-electron chi connectivity index (χ4n) is 3.84. The first-order valence-electron chi connectivity index (χ1n) is 10.4. The number of aryl methyl sites for hydroxylation is 3. The summed E-state index contributed by atoms with van der Waals surface area (Å²) in [7, 11) is -3.76. The first-order valence-corrected chi connectivity index (χ1v) is 11.9. The standard InChI is InChI=1S/C24H24N2O6S/c1-13-15(3)31-21-11-22-20(10-19(13)21)14(2)18(24(28)32-22)8-9-23(27)26-12-16-4-6-17(7-5-16)33(25,29)30/h4-7,10-11H,8-9,12H2,1-3H3,(H,26,27)(H2,25,29,30). The lowest BCUT2D eigenvalue weighted by Gasteiger charge is -2.09. The third-order valence-corrected chi connectivity index (χ3v) is 6.86. The molecule has 0 saturated carbocycles. The summed E-state index contributed by atoms with van der Waals surface area (Å²) >= 11 is 0. The zero-order valence-electron chi connectivity index (χ0n) is 18.5. The molecule has 1 amide bonds. The van der Waals surface area contributed by atoms with Crippen LogP contribution in [0.4, 0.5) is 0 Å². The summed E-state index contributed by atoms with van der Waals surface area (Å²) < 4.78 is 33.9. The van der Waals surface area contributed by atoms with Crippen LogP contribution in [0.1, 0.15) is 34.4 Å². The summed E-state index contributed by atoms with van der Waals surface area (Å²) in [5, 5.41) is 9.64. The number of nitrogens with two attached hydrogens (primary N) is 1. The van der Waals surface area contributed by atoms with Crippen LogP contribution in [0, 0.1) is 20.8 Å². The Labute approximate surface area is 190 Å². The number of benzene rings is 2. The number of carbonyl (C=O) groups excluding carboxylic acids is 1. The summed E-state index contributed by atoms with van der Waals surface area (Å²) in [6.07, 6.45) is 0.347. The van der Waals surface area contributed by atoms with E-state index >= 15 is 0 Å². The molecule has 0 atom stereocenters. The van der Waals surface area contributed by atoms with Crippen LogP contribution in [0.5, 0.6) is 0 Å². The SMILES string of the molecule is Cc1oc2cc3oc(=O)c(CCC(=O)NCc4ccc(S(N)(=O)=O)cc4)c(C)c3cc2c1C. The van der Waals surface area contributed by atoms with Gasteiger partial charge in [0.15, 0.2) is 0 Å². The van der Waals surface area contributed by atoms with Gasteiger partial charge in [-0.2, -0.15) is 0 Å². The average Bonchev–Trinajstić information content (AvgIpc) is 3.03. The van der Waals surface area contributed by atoms with E-state index in [1.54, 1.807) is 18.2 Å². The van der Waals surface area contributed by atoms with Gasteiger partial charge in [-0.05, 0) is 62.1 Å². The number of primary sulfonamides is 1. The molecule has 0 aliphatic carbocycles. The first-order chi connectivity index (χ1) is 15.5.